The van der Waals surface area contributed by atoms with Crippen molar-refractivity contribution in [1.29, 1.82) is 0 Å². The first-order valence-corrected chi connectivity index (χ1v) is 8.08. The Morgan fingerprint density at radius 2 is 1.72 bits per heavy atom. The molecular formula is C17H29N. The first-order valence-electron chi connectivity index (χ1n) is 8.08. The number of nitrogens with one attached hydrogen (secondary N) is 1. The lowest BCUT2D eigenvalue weighted by Crippen LogP contribution is -2.32. The van der Waals surface area contributed by atoms with Crippen molar-refractivity contribution in [2.24, 2.45) is 11.8 Å². The largest absolute Gasteiger partial charge is 0.314 e. The number of hydrogen-bond donors (Lipinski definition) is 1. The SMILES string of the molecule is C#C[C@H]1CCC(CC2CCCCCCCCN2)C1. The lowest BCUT2D eigenvalue weighted by Gasteiger charge is -2.23. The summed E-state index contributed by atoms with van der Waals surface area (Å²) in [5.41, 5.74) is 0. The highest BCUT2D eigenvalue weighted by molar-refractivity contribution is 4.97. The lowest BCUT2D eigenvalue weighted by molar-refractivity contribution is 0.348. The number of hydrogen-bond acceptors (Lipinski definition) is 1. The minimum Gasteiger partial charge on any atom is -0.314 e. The third-order valence-electron chi connectivity index (χ3n) is 4.81. The molecule has 0 aromatic rings. The first kappa shape index (κ1) is 13.9. The standard InChI is InChI=1S/C17H29N/c1-2-15-10-11-16(13-15)14-17-9-7-5-3-4-6-8-12-18-17/h1,15-18H,3-14H2/t15-,16?,17?/m0/s1. The van der Waals surface area contributed by atoms with Crippen LogP contribution in [0.1, 0.15) is 70.6 Å². The van der Waals surface area contributed by atoms with E-state index in [4.69, 9.17) is 6.42 Å². The molecule has 3 atom stereocenters. The van der Waals surface area contributed by atoms with Crippen LogP contribution in [-0.4, -0.2) is 12.6 Å². The number of rotatable bonds is 2. The molecule has 2 unspecified atom stereocenters. The fraction of sp³-hybridized carbons (Fsp3) is 0.882. The van der Waals surface area contributed by atoms with Crippen molar-refractivity contribution in [3.05, 3.63) is 0 Å². The van der Waals surface area contributed by atoms with Gasteiger partial charge in [0, 0.05) is 12.0 Å². The Kier molecular flexibility index (Phi) is 6.08. The van der Waals surface area contributed by atoms with E-state index in [0.29, 0.717) is 5.92 Å². The third kappa shape index (κ3) is 4.65. The maximum Gasteiger partial charge on any atom is 0.0203 e. The molecule has 1 aliphatic heterocycles. The van der Waals surface area contributed by atoms with E-state index in [-0.39, 0.29) is 0 Å². The zero-order valence-electron chi connectivity index (χ0n) is 11.8. The van der Waals surface area contributed by atoms with Crippen molar-refractivity contribution in [2.45, 2.75) is 76.7 Å². The van der Waals surface area contributed by atoms with Crippen molar-refractivity contribution in [2.75, 3.05) is 6.54 Å². The van der Waals surface area contributed by atoms with Crippen LogP contribution in [0.4, 0.5) is 0 Å². The van der Waals surface area contributed by atoms with Crippen molar-refractivity contribution < 1.29 is 0 Å². The minimum atomic E-state index is 0.578. The minimum absolute atomic E-state index is 0.578. The van der Waals surface area contributed by atoms with E-state index < -0.39 is 0 Å². The summed E-state index contributed by atoms with van der Waals surface area (Å²) in [6.45, 7) is 1.23. The second-order valence-electron chi connectivity index (χ2n) is 6.34. The molecule has 2 fully saturated rings. The molecule has 1 nitrogen and oxygen atoms in total. The van der Waals surface area contributed by atoms with Gasteiger partial charge in [-0.1, -0.05) is 32.1 Å². The fourth-order valence-electron chi connectivity index (χ4n) is 3.68. The van der Waals surface area contributed by atoms with Crippen LogP contribution in [0.3, 0.4) is 0 Å². The molecule has 0 aromatic carbocycles. The molecule has 0 radical (unpaired) electrons. The monoisotopic (exact) mass is 247 g/mol. The van der Waals surface area contributed by atoms with Crippen molar-refractivity contribution in [3.63, 3.8) is 0 Å². The zero-order chi connectivity index (χ0) is 12.6. The summed E-state index contributed by atoms with van der Waals surface area (Å²) in [6, 6.07) is 0.768. The second kappa shape index (κ2) is 7.85. The molecule has 1 saturated carbocycles. The van der Waals surface area contributed by atoms with E-state index in [1.54, 1.807) is 0 Å². The van der Waals surface area contributed by atoms with Gasteiger partial charge in [-0.3, -0.25) is 0 Å². The van der Waals surface area contributed by atoms with Crippen LogP contribution in [0, 0.1) is 24.2 Å². The molecule has 0 aromatic heterocycles. The maximum absolute atomic E-state index is 5.55. The molecule has 0 bridgehead atoms. The van der Waals surface area contributed by atoms with Gasteiger partial charge in [0.15, 0.2) is 0 Å². The maximum atomic E-state index is 5.55. The summed E-state index contributed by atoms with van der Waals surface area (Å²) in [4.78, 5) is 0. The first-order chi connectivity index (χ1) is 8.88. The van der Waals surface area contributed by atoms with Gasteiger partial charge in [-0.15, -0.1) is 12.3 Å². The summed E-state index contributed by atoms with van der Waals surface area (Å²) in [6.07, 6.45) is 20.8. The summed E-state index contributed by atoms with van der Waals surface area (Å²) in [5, 5.41) is 3.80. The molecule has 0 amide bonds. The normalized spacial score (nSPS) is 34.9. The zero-order valence-corrected chi connectivity index (χ0v) is 11.8. The van der Waals surface area contributed by atoms with E-state index in [2.05, 4.69) is 11.2 Å². The molecular weight excluding hydrogens is 218 g/mol. The van der Waals surface area contributed by atoms with Gasteiger partial charge in [0.2, 0.25) is 0 Å². The van der Waals surface area contributed by atoms with Gasteiger partial charge in [-0.25, -0.2) is 0 Å². The van der Waals surface area contributed by atoms with E-state index in [1.807, 2.05) is 0 Å². The predicted octanol–water partition coefficient (Wildman–Crippen LogP) is 4.13. The molecule has 0 spiro atoms. The van der Waals surface area contributed by atoms with Gasteiger partial charge < -0.3 is 5.32 Å². The van der Waals surface area contributed by atoms with E-state index in [9.17, 15) is 0 Å². The quantitative estimate of drug-likeness (QED) is 0.724. The van der Waals surface area contributed by atoms with Crippen LogP contribution in [0.2, 0.25) is 0 Å². The summed E-state index contributed by atoms with van der Waals surface area (Å²) in [7, 11) is 0. The van der Waals surface area contributed by atoms with Crippen molar-refractivity contribution >= 4 is 0 Å². The van der Waals surface area contributed by atoms with E-state index >= 15 is 0 Å². The fourth-order valence-corrected chi connectivity index (χ4v) is 3.68. The van der Waals surface area contributed by atoms with Crippen LogP contribution >= 0.6 is 0 Å². The molecule has 1 heteroatoms. The van der Waals surface area contributed by atoms with Crippen LogP contribution < -0.4 is 5.32 Å². The molecule has 102 valence electrons. The van der Waals surface area contributed by atoms with Crippen LogP contribution in [0.5, 0.6) is 0 Å². The molecule has 1 aliphatic carbocycles. The molecule has 2 rings (SSSR count). The highest BCUT2D eigenvalue weighted by Crippen LogP contribution is 2.34. The molecule has 1 saturated heterocycles. The highest BCUT2D eigenvalue weighted by atomic mass is 14.9. The van der Waals surface area contributed by atoms with Gasteiger partial charge >= 0.3 is 0 Å². The van der Waals surface area contributed by atoms with Crippen LogP contribution in [-0.2, 0) is 0 Å². The van der Waals surface area contributed by atoms with E-state index in [1.165, 1.54) is 77.2 Å². The van der Waals surface area contributed by atoms with Gasteiger partial charge in [0.1, 0.15) is 0 Å². The Morgan fingerprint density at radius 1 is 0.944 bits per heavy atom. The lowest BCUT2D eigenvalue weighted by atomic mass is 9.93. The highest BCUT2D eigenvalue weighted by Gasteiger charge is 2.25. The van der Waals surface area contributed by atoms with E-state index in [0.717, 1.165) is 12.0 Å². The molecule has 1 N–H and O–H groups in total. The summed E-state index contributed by atoms with van der Waals surface area (Å²) < 4.78 is 0. The second-order valence-corrected chi connectivity index (χ2v) is 6.34. The Labute approximate surface area is 113 Å². The summed E-state index contributed by atoms with van der Waals surface area (Å²) in [5.74, 6) is 4.42. The van der Waals surface area contributed by atoms with Gasteiger partial charge in [-0.05, 0) is 51.0 Å². The Bertz CT molecular complexity index is 255. The van der Waals surface area contributed by atoms with Gasteiger partial charge in [0.25, 0.3) is 0 Å². The molecule has 2 aliphatic rings. The van der Waals surface area contributed by atoms with Gasteiger partial charge in [0.05, 0.1) is 0 Å². The average Bonchev–Trinajstić information content (AvgIpc) is 2.85. The van der Waals surface area contributed by atoms with Crippen LogP contribution in [0.15, 0.2) is 0 Å². The van der Waals surface area contributed by atoms with Gasteiger partial charge in [-0.2, -0.15) is 0 Å². The predicted molar refractivity (Wildman–Crippen MR) is 78.4 cm³/mol. The topological polar surface area (TPSA) is 12.0 Å². The molecule has 1 heterocycles. The molecule has 18 heavy (non-hydrogen) atoms. The smallest absolute Gasteiger partial charge is 0.0203 e. The Hall–Kier alpha value is -0.480. The Balaban J connectivity index is 1.73. The third-order valence-corrected chi connectivity index (χ3v) is 4.81. The van der Waals surface area contributed by atoms with Crippen molar-refractivity contribution in [1.82, 2.24) is 5.32 Å². The number of terminal acetylenes is 1. The van der Waals surface area contributed by atoms with Crippen molar-refractivity contribution in [3.8, 4) is 12.3 Å². The average molecular weight is 247 g/mol. The summed E-state index contributed by atoms with van der Waals surface area (Å²) >= 11 is 0. The van der Waals surface area contributed by atoms with Crippen LogP contribution in [0.25, 0.3) is 0 Å². The Morgan fingerprint density at radius 3 is 2.50 bits per heavy atom.